The van der Waals surface area contributed by atoms with Gasteiger partial charge in [0.25, 0.3) is 0 Å². The molecule has 118 valence electrons. The van der Waals surface area contributed by atoms with Crippen molar-refractivity contribution in [2.75, 3.05) is 0 Å². The Morgan fingerprint density at radius 2 is 2.19 bits per heavy atom. The van der Waals surface area contributed by atoms with Gasteiger partial charge < -0.3 is 4.90 Å². The number of carbonyl (C=O) groups is 1. The zero-order valence-corrected chi connectivity index (χ0v) is 13.0. The van der Waals surface area contributed by atoms with E-state index in [4.69, 9.17) is 0 Å². The van der Waals surface area contributed by atoms with Gasteiger partial charge in [-0.15, -0.1) is 0 Å². The number of carbonyl (C=O) groups excluding carboxylic acids is 1. The first-order valence-electron chi connectivity index (χ1n) is 6.87. The monoisotopic (exact) mass is 320 g/mol. The first-order chi connectivity index (χ1) is 9.68. The van der Waals surface area contributed by atoms with Crippen molar-refractivity contribution in [1.29, 1.82) is 0 Å². The molecule has 1 aromatic heterocycles. The third-order valence-corrected chi connectivity index (χ3v) is 4.71. The summed E-state index contributed by atoms with van der Waals surface area (Å²) in [6.07, 6.45) is -5.25. The van der Waals surface area contributed by atoms with Crippen LogP contribution in [0.3, 0.4) is 0 Å². The second-order valence-electron chi connectivity index (χ2n) is 5.67. The van der Waals surface area contributed by atoms with Crippen LogP contribution in [-0.2, 0) is 4.79 Å². The van der Waals surface area contributed by atoms with Crippen LogP contribution < -0.4 is 5.32 Å². The Labute approximate surface area is 126 Å². The Hall–Kier alpha value is -1.08. The third kappa shape index (κ3) is 3.23. The Morgan fingerprint density at radius 3 is 2.67 bits per heavy atom. The number of amides is 1. The highest BCUT2D eigenvalue weighted by atomic mass is 32.1. The summed E-state index contributed by atoms with van der Waals surface area (Å²) in [7, 11) is 0. The van der Waals surface area contributed by atoms with Gasteiger partial charge in [0.2, 0.25) is 5.91 Å². The molecule has 2 rings (SSSR count). The lowest BCUT2D eigenvalue weighted by molar-refractivity contribution is -0.154. The molecule has 1 N–H and O–H groups in total. The summed E-state index contributed by atoms with van der Waals surface area (Å²) in [4.78, 5) is 13.9. The number of hydrogen-bond acceptors (Lipinski definition) is 3. The number of nitrogens with zero attached hydrogens (tertiary/aromatic N) is 1. The highest BCUT2D eigenvalue weighted by molar-refractivity contribution is 7.07. The second kappa shape index (κ2) is 5.61. The Balaban J connectivity index is 2.32. The van der Waals surface area contributed by atoms with Crippen LogP contribution in [0.1, 0.15) is 45.3 Å². The van der Waals surface area contributed by atoms with Gasteiger partial charge in [0, 0.05) is 6.04 Å². The maximum atomic E-state index is 12.7. The van der Waals surface area contributed by atoms with Crippen molar-refractivity contribution in [2.24, 2.45) is 0 Å². The van der Waals surface area contributed by atoms with Gasteiger partial charge in [-0.3, -0.25) is 10.1 Å². The largest absolute Gasteiger partial charge is 0.391 e. The van der Waals surface area contributed by atoms with Crippen molar-refractivity contribution >= 4 is 17.2 Å². The van der Waals surface area contributed by atoms with Crippen molar-refractivity contribution in [3.8, 4) is 0 Å². The molecule has 0 aliphatic carbocycles. The molecule has 3 atom stereocenters. The lowest BCUT2D eigenvalue weighted by Gasteiger charge is -2.30. The summed E-state index contributed by atoms with van der Waals surface area (Å²) in [5, 5.41) is 6.92. The predicted octanol–water partition coefficient (Wildman–Crippen LogP) is 3.69. The molecule has 0 bridgehead atoms. The first kappa shape index (κ1) is 16.3. The lowest BCUT2D eigenvalue weighted by Crippen LogP contribution is -2.45. The summed E-state index contributed by atoms with van der Waals surface area (Å²) in [6, 6.07) is 0.938. The number of alkyl halides is 3. The number of rotatable bonds is 4. The molecule has 3 unspecified atom stereocenters. The molecule has 0 spiro atoms. The van der Waals surface area contributed by atoms with Crippen LogP contribution in [0.15, 0.2) is 16.8 Å². The van der Waals surface area contributed by atoms with E-state index < -0.39 is 30.3 Å². The topological polar surface area (TPSA) is 32.3 Å². The normalized spacial score (nSPS) is 28.2. The smallest absolute Gasteiger partial charge is 0.318 e. The minimum atomic E-state index is -4.29. The molecule has 1 aliphatic rings. The van der Waals surface area contributed by atoms with Gasteiger partial charge in [-0.05, 0) is 42.7 Å². The van der Waals surface area contributed by atoms with E-state index >= 15 is 0 Å². The van der Waals surface area contributed by atoms with Crippen LogP contribution in [-0.4, -0.2) is 28.6 Å². The minimum absolute atomic E-state index is 0.266. The summed E-state index contributed by atoms with van der Waals surface area (Å²) in [6.45, 7) is 5.05. The number of thiophene rings is 1. The second-order valence-corrected chi connectivity index (χ2v) is 6.45. The van der Waals surface area contributed by atoms with Crippen molar-refractivity contribution in [3.05, 3.63) is 22.4 Å². The third-order valence-electron chi connectivity index (χ3n) is 4.01. The van der Waals surface area contributed by atoms with E-state index in [-0.39, 0.29) is 5.91 Å². The highest BCUT2D eigenvalue weighted by Crippen LogP contribution is 2.37. The average molecular weight is 320 g/mol. The van der Waals surface area contributed by atoms with Crippen LogP contribution >= 0.6 is 11.3 Å². The van der Waals surface area contributed by atoms with Crippen LogP contribution in [0.2, 0.25) is 0 Å². The van der Waals surface area contributed by atoms with Crippen molar-refractivity contribution in [3.63, 3.8) is 0 Å². The molecule has 1 aliphatic heterocycles. The van der Waals surface area contributed by atoms with E-state index in [0.717, 1.165) is 5.56 Å². The standard InChI is InChI=1S/C14H19F3N2OS/c1-4-13(3)12(20)19(9(2)7-14(15,16)17)11(18-13)10-5-6-21-8-10/h5-6,8-9,11,18H,4,7H2,1-3H3. The molecule has 21 heavy (non-hydrogen) atoms. The van der Waals surface area contributed by atoms with Gasteiger partial charge in [-0.2, -0.15) is 24.5 Å². The first-order valence-corrected chi connectivity index (χ1v) is 7.81. The molecule has 1 aromatic rings. The van der Waals surface area contributed by atoms with Gasteiger partial charge in [0.05, 0.1) is 12.0 Å². The predicted molar refractivity (Wildman–Crippen MR) is 75.9 cm³/mol. The molecule has 7 heteroatoms. The van der Waals surface area contributed by atoms with Gasteiger partial charge in [-0.25, -0.2) is 0 Å². The van der Waals surface area contributed by atoms with Crippen molar-refractivity contribution in [2.45, 2.75) is 57.5 Å². The molecular formula is C14H19F3N2OS. The summed E-state index contributed by atoms with van der Waals surface area (Å²) in [5.74, 6) is -0.266. The number of nitrogens with one attached hydrogen (secondary N) is 1. The van der Waals surface area contributed by atoms with Gasteiger partial charge in [0.1, 0.15) is 6.17 Å². The fourth-order valence-electron chi connectivity index (χ4n) is 2.65. The maximum absolute atomic E-state index is 12.7. The maximum Gasteiger partial charge on any atom is 0.391 e. The SMILES string of the molecule is CCC1(C)NC(c2ccsc2)N(C(C)CC(F)(F)F)C1=O. The number of hydrogen-bond donors (Lipinski definition) is 1. The fraction of sp³-hybridized carbons (Fsp3) is 0.643. The molecular weight excluding hydrogens is 301 g/mol. The molecule has 0 saturated carbocycles. The van der Waals surface area contributed by atoms with E-state index in [2.05, 4.69) is 5.32 Å². The molecule has 1 fully saturated rings. The minimum Gasteiger partial charge on any atom is -0.318 e. The summed E-state index contributed by atoms with van der Waals surface area (Å²) < 4.78 is 38.0. The van der Waals surface area contributed by atoms with E-state index in [0.29, 0.717) is 6.42 Å². The molecule has 1 amide bonds. The van der Waals surface area contributed by atoms with Gasteiger partial charge in [-0.1, -0.05) is 6.92 Å². The molecule has 0 radical (unpaired) electrons. The van der Waals surface area contributed by atoms with Crippen LogP contribution in [0, 0.1) is 0 Å². The van der Waals surface area contributed by atoms with Crippen LogP contribution in [0.5, 0.6) is 0 Å². The van der Waals surface area contributed by atoms with E-state index in [1.807, 2.05) is 23.8 Å². The summed E-state index contributed by atoms with van der Waals surface area (Å²) in [5.41, 5.74) is 0.0199. The summed E-state index contributed by atoms with van der Waals surface area (Å²) >= 11 is 1.46. The van der Waals surface area contributed by atoms with Crippen molar-refractivity contribution < 1.29 is 18.0 Å². The number of halogens is 3. The zero-order valence-electron chi connectivity index (χ0n) is 12.2. The van der Waals surface area contributed by atoms with Crippen LogP contribution in [0.4, 0.5) is 13.2 Å². The fourth-order valence-corrected chi connectivity index (χ4v) is 3.33. The zero-order chi connectivity index (χ0) is 15.8. The molecule has 0 aromatic carbocycles. The Kier molecular flexibility index (Phi) is 4.35. The highest BCUT2D eigenvalue weighted by Gasteiger charge is 2.50. The molecule has 2 heterocycles. The van der Waals surface area contributed by atoms with Gasteiger partial charge in [0.15, 0.2) is 0 Å². The Bertz CT molecular complexity index is 503. The Morgan fingerprint density at radius 1 is 1.52 bits per heavy atom. The molecule has 3 nitrogen and oxygen atoms in total. The average Bonchev–Trinajstić information content (AvgIpc) is 2.95. The van der Waals surface area contributed by atoms with Crippen LogP contribution in [0.25, 0.3) is 0 Å². The van der Waals surface area contributed by atoms with E-state index in [9.17, 15) is 18.0 Å². The van der Waals surface area contributed by atoms with E-state index in [1.54, 1.807) is 6.92 Å². The van der Waals surface area contributed by atoms with Gasteiger partial charge >= 0.3 is 6.18 Å². The van der Waals surface area contributed by atoms with Crippen molar-refractivity contribution in [1.82, 2.24) is 10.2 Å². The molecule has 1 saturated heterocycles. The quantitative estimate of drug-likeness (QED) is 0.918. The van der Waals surface area contributed by atoms with E-state index in [1.165, 1.54) is 23.2 Å². The lowest BCUT2D eigenvalue weighted by atomic mass is 9.99.